The van der Waals surface area contributed by atoms with Crippen LogP contribution in [0.3, 0.4) is 0 Å². The zero-order chi connectivity index (χ0) is 47.5. The summed E-state index contributed by atoms with van der Waals surface area (Å²) in [5.41, 5.74) is 0.372. The Balaban J connectivity index is 1.02. The molecule has 0 aromatic rings. The van der Waals surface area contributed by atoms with Gasteiger partial charge in [-0.05, 0) is 110 Å². The number of allylic oxidation sites excluding steroid dienone is 4. The van der Waals surface area contributed by atoms with Crippen LogP contribution in [-0.2, 0) is 33.2 Å². The van der Waals surface area contributed by atoms with Crippen LogP contribution in [-0.4, -0.2) is 191 Å². The Hall–Kier alpha value is -1.73. The van der Waals surface area contributed by atoms with Crippen molar-refractivity contribution in [1.29, 1.82) is 0 Å². The summed E-state index contributed by atoms with van der Waals surface area (Å²) in [5, 5.41) is 126. The minimum absolute atomic E-state index is 0.0623. The summed E-state index contributed by atoms with van der Waals surface area (Å²) in [6.07, 6.45) is -12.3. The van der Waals surface area contributed by atoms with Gasteiger partial charge in [0.25, 0.3) is 0 Å². The van der Waals surface area contributed by atoms with Crippen LogP contribution >= 0.6 is 0 Å². The lowest BCUT2D eigenvalue weighted by molar-refractivity contribution is -0.363. The topological polar surface area (TPSA) is 315 Å². The molecule has 0 spiro atoms. The smallest absolute Gasteiger partial charge is 0.306 e. The van der Waals surface area contributed by atoms with Gasteiger partial charge in [0.1, 0.15) is 67.1 Å². The average molecular weight is 931 g/mol. The van der Waals surface area contributed by atoms with Crippen molar-refractivity contribution in [3.05, 3.63) is 23.3 Å². The van der Waals surface area contributed by atoms with Gasteiger partial charge in [0.15, 0.2) is 18.9 Å². The summed E-state index contributed by atoms with van der Waals surface area (Å²) in [4.78, 5) is 13.2. The molecule has 7 aliphatic rings. The minimum atomic E-state index is -1.66. The summed E-state index contributed by atoms with van der Waals surface area (Å²) >= 11 is 0. The number of carboxylic acids is 1. The van der Waals surface area contributed by atoms with Crippen LogP contribution in [0, 0.1) is 40.4 Å². The second-order valence-corrected chi connectivity index (χ2v) is 20.8. The zero-order valence-corrected chi connectivity index (χ0v) is 38.0. The van der Waals surface area contributed by atoms with Crippen LogP contribution in [0.1, 0.15) is 92.4 Å². The Labute approximate surface area is 379 Å². The number of hydrogen-bond acceptors (Lipinski definition) is 18. The Morgan fingerprint density at radius 1 is 0.815 bits per heavy atom. The van der Waals surface area contributed by atoms with Gasteiger partial charge in [-0.3, -0.25) is 4.79 Å². The SMILES string of the molecule is CC(C)[C@](O)(CC[C@@H](C(=O)O)[C@H]1CC[C@H]2C3=CC[C@H]4C[C@@H](O[C@@H]5O[C@H](CO)[C@@H](O)[C@H](O)[C@H]5O[C@@H]5OC[C@H](O)[C@H](O)[C@H]5O)CC[C@]4(C)C3=CC[C@]12C)[C@@H](C)O[C@@H]1O[C@H](CO)[C@@H](O)[C@H](O)[C@H]1O. The first-order valence-electron chi connectivity index (χ1n) is 23.5. The highest BCUT2D eigenvalue weighted by molar-refractivity contribution is 5.70. The molecule has 3 aliphatic heterocycles. The third-order valence-corrected chi connectivity index (χ3v) is 17.0. The lowest BCUT2D eigenvalue weighted by atomic mass is 9.51. The number of aliphatic hydroxyl groups excluding tert-OH is 10. The molecule has 19 nitrogen and oxygen atoms in total. The molecule has 65 heavy (non-hydrogen) atoms. The fourth-order valence-corrected chi connectivity index (χ4v) is 12.5. The van der Waals surface area contributed by atoms with E-state index in [-0.39, 0.29) is 54.1 Å². The predicted molar refractivity (Wildman–Crippen MR) is 225 cm³/mol. The van der Waals surface area contributed by atoms with Crippen LogP contribution < -0.4 is 0 Å². The first-order chi connectivity index (χ1) is 30.6. The molecule has 12 N–H and O–H groups in total. The molecule has 0 bridgehead atoms. The lowest BCUT2D eigenvalue weighted by Crippen LogP contribution is -2.63. The minimum Gasteiger partial charge on any atom is -0.481 e. The van der Waals surface area contributed by atoms with Crippen molar-refractivity contribution in [3.8, 4) is 0 Å². The molecule has 3 heterocycles. The molecular weight excluding hydrogens is 856 g/mol. The van der Waals surface area contributed by atoms with Gasteiger partial charge in [-0.2, -0.15) is 0 Å². The van der Waals surface area contributed by atoms with Crippen LogP contribution in [0.15, 0.2) is 23.3 Å². The third-order valence-electron chi connectivity index (χ3n) is 17.0. The normalized spacial score (nSPS) is 47.4. The number of ether oxygens (including phenoxy) is 6. The number of aliphatic carboxylic acids is 1. The molecule has 2 saturated carbocycles. The molecule has 0 aromatic carbocycles. The summed E-state index contributed by atoms with van der Waals surface area (Å²) in [6, 6.07) is 0. The van der Waals surface area contributed by atoms with Gasteiger partial charge in [-0.1, -0.05) is 39.8 Å². The zero-order valence-electron chi connectivity index (χ0n) is 38.0. The fourth-order valence-electron chi connectivity index (χ4n) is 12.5. The van der Waals surface area contributed by atoms with Crippen molar-refractivity contribution >= 4 is 5.97 Å². The summed E-state index contributed by atoms with van der Waals surface area (Å²) in [6.45, 7) is 8.06. The number of fused-ring (bicyclic) bond motifs is 5. The largest absolute Gasteiger partial charge is 0.481 e. The van der Waals surface area contributed by atoms with E-state index in [0.717, 1.165) is 19.3 Å². The quantitative estimate of drug-likeness (QED) is 0.0957. The summed E-state index contributed by atoms with van der Waals surface area (Å²) < 4.78 is 35.3. The van der Waals surface area contributed by atoms with Crippen molar-refractivity contribution in [2.24, 2.45) is 40.4 Å². The van der Waals surface area contributed by atoms with E-state index in [2.05, 4.69) is 26.0 Å². The van der Waals surface area contributed by atoms with Gasteiger partial charge in [-0.25, -0.2) is 0 Å². The highest BCUT2D eigenvalue weighted by Gasteiger charge is 2.58. The van der Waals surface area contributed by atoms with E-state index in [1.807, 2.05) is 0 Å². The van der Waals surface area contributed by atoms with Gasteiger partial charge >= 0.3 is 5.97 Å². The van der Waals surface area contributed by atoms with Crippen molar-refractivity contribution in [3.63, 3.8) is 0 Å². The Morgan fingerprint density at radius 3 is 2.11 bits per heavy atom. The van der Waals surface area contributed by atoms with Crippen LogP contribution in [0.4, 0.5) is 0 Å². The molecule has 0 unspecified atom stereocenters. The Morgan fingerprint density at radius 2 is 1.46 bits per heavy atom. The van der Waals surface area contributed by atoms with E-state index in [9.17, 15) is 66.1 Å². The van der Waals surface area contributed by atoms with Crippen molar-refractivity contribution in [2.45, 2.75) is 196 Å². The van der Waals surface area contributed by atoms with Crippen LogP contribution in [0.2, 0.25) is 0 Å². The molecular formula is C46H74O19. The van der Waals surface area contributed by atoms with Crippen molar-refractivity contribution in [2.75, 3.05) is 19.8 Å². The van der Waals surface area contributed by atoms with Gasteiger partial charge < -0.3 is 89.7 Å². The maximum Gasteiger partial charge on any atom is 0.306 e. The number of rotatable bonds is 15. The molecule has 372 valence electrons. The lowest BCUT2D eigenvalue weighted by Gasteiger charge is -2.54. The predicted octanol–water partition coefficient (Wildman–Crippen LogP) is -0.793. The summed E-state index contributed by atoms with van der Waals surface area (Å²) in [5.74, 6) is -2.07. The van der Waals surface area contributed by atoms with E-state index in [0.29, 0.717) is 25.7 Å². The maximum atomic E-state index is 13.2. The molecule has 0 aromatic heterocycles. The Bertz CT molecular complexity index is 1710. The van der Waals surface area contributed by atoms with Crippen molar-refractivity contribution in [1.82, 2.24) is 0 Å². The number of aliphatic hydroxyl groups is 11. The molecule has 0 amide bonds. The standard InChI is InChI=1S/C46H74O19/c1-20(2)46(59,21(3)61-42-38(56)35(53)33(51)30(17-47)63-42)15-11-25(40(57)58)27-9-8-26-24-7-6-22-16-23(10-13-44(22,4)28(24)12-14-45(26,27)5)62-43-39(36(54)34(52)31(18-48)64-43)65-41-37(55)32(50)29(49)19-60-41/h7,12,20-23,25-27,29-39,41-43,47-56,59H,6,8-11,13-19H2,1-5H3,(H,57,58)/t21-,22+,23+,25-,26+,27-,29+,30-,31-,32+,33-,34-,35+,36+,37-,38-,39-,41+,42-,43-,44+,45+,46-/m1/s1. The van der Waals surface area contributed by atoms with Gasteiger partial charge in [0.2, 0.25) is 0 Å². The van der Waals surface area contributed by atoms with E-state index >= 15 is 0 Å². The molecule has 4 aliphatic carbocycles. The van der Waals surface area contributed by atoms with E-state index < -0.39 is 129 Å². The molecule has 3 saturated heterocycles. The summed E-state index contributed by atoms with van der Waals surface area (Å²) in [7, 11) is 0. The van der Waals surface area contributed by atoms with Crippen LogP contribution in [0.5, 0.6) is 0 Å². The average Bonchev–Trinajstić information content (AvgIpc) is 3.62. The Kier molecular flexibility index (Phi) is 15.7. The monoisotopic (exact) mass is 930 g/mol. The number of carboxylic acid groups (broad SMARTS) is 1. The first-order valence-corrected chi connectivity index (χ1v) is 23.5. The number of carbonyl (C=O) groups is 1. The van der Waals surface area contributed by atoms with Crippen molar-refractivity contribution < 1.29 is 94.5 Å². The van der Waals surface area contributed by atoms with Gasteiger partial charge in [0, 0.05) is 0 Å². The maximum absolute atomic E-state index is 13.2. The fraction of sp³-hybridized carbons (Fsp3) is 0.891. The highest BCUT2D eigenvalue weighted by atomic mass is 16.8. The molecule has 0 radical (unpaired) electrons. The van der Waals surface area contributed by atoms with Crippen LogP contribution in [0.25, 0.3) is 0 Å². The highest BCUT2D eigenvalue weighted by Crippen LogP contribution is 2.65. The molecule has 19 heteroatoms. The first kappa shape index (κ1) is 51.1. The molecule has 23 atom stereocenters. The molecule has 7 rings (SSSR count). The van der Waals surface area contributed by atoms with E-state index in [1.54, 1.807) is 20.8 Å². The second kappa shape index (κ2) is 19.9. The number of hydrogen-bond donors (Lipinski definition) is 12. The van der Waals surface area contributed by atoms with E-state index in [4.69, 9.17) is 28.4 Å². The van der Waals surface area contributed by atoms with Gasteiger partial charge in [0.05, 0.1) is 43.5 Å². The second-order valence-electron chi connectivity index (χ2n) is 20.8. The third kappa shape index (κ3) is 9.38. The van der Waals surface area contributed by atoms with E-state index in [1.165, 1.54) is 11.1 Å². The van der Waals surface area contributed by atoms with Gasteiger partial charge in [-0.15, -0.1) is 0 Å². The molecule has 5 fully saturated rings.